The van der Waals surface area contributed by atoms with E-state index >= 15 is 0 Å². The fourth-order valence-electron chi connectivity index (χ4n) is 3.44. The third-order valence-electron chi connectivity index (χ3n) is 4.96. The Morgan fingerprint density at radius 1 is 1.21 bits per heavy atom. The van der Waals surface area contributed by atoms with Crippen LogP contribution in [0.5, 0.6) is 0 Å². The van der Waals surface area contributed by atoms with Gasteiger partial charge in [0, 0.05) is 25.6 Å². The number of benzene rings is 2. The van der Waals surface area contributed by atoms with Crippen LogP contribution in [0.1, 0.15) is 27.6 Å². The molecular formula is C21H20FN5O2. The largest absolute Gasteiger partial charge is 0.335 e. The number of para-hydroxylation sites is 1. The zero-order chi connectivity index (χ0) is 20.4. The molecule has 0 fully saturated rings. The molecule has 2 atom stereocenters. The number of anilines is 1. The van der Waals surface area contributed by atoms with Crippen molar-refractivity contribution in [3.8, 4) is 0 Å². The monoisotopic (exact) mass is 393 g/mol. The second-order valence-corrected chi connectivity index (χ2v) is 6.97. The maximum absolute atomic E-state index is 14.9. The zero-order valence-electron chi connectivity index (χ0n) is 15.8. The molecule has 0 saturated heterocycles. The molecule has 4 rings (SSSR count). The van der Waals surface area contributed by atoms with Crippen molar-refractivity contribution in [2.75, 3.05) is 11.9 Å². The van der Waals surface area contributed by atoms with Gasteiger partial charge in [0.15, 0.2) is 0 Å². The van der Waals surface area contributed by atoms with Crippen LogP contribution in [0.3, 0.4) is 0 Å². The molecule has 2 heterocycles. The van der Waals surface area contributed by atoms with Gasteiger partial charge in [-0.25, -0.2) is 9.37 Å². The van der Waals surface area contributed by atoms with Gasteiger partial charge in [0.2, 0.25) is 5.82 Å². The lowest BCUT2D eigenvalue weighted by molar-refractivity contribution is -0.121. The number of hydrogen-bond acceptors (Lipinski definition) is 4. The summed E-state index contributed by atoms with van der Waals surface area (Å²) in [5, 5.41) is 9.10. The van der Waals surface area contributed by atoms with E-state index < -0.39 is 24.0 Å². The fourth-order valence-corrected chi connectivity index (χ4v) is 3.44. The van der Waals surface area contributed by atoms with Crippen LogP contribution >= 0.6 is 0 Å². The first-order valence-corrected chi connectivity index (χ1v) is 9.28. The van der Waals surface area contributed by atoms with Crippen molar-refractivity contribution in [1.82, 2.24) is 20.5 Å². The van der Waals surface area contributed by atoms with Crippen LogP contribution in [0.2, 0.25) is 0 Å². The lowest BCUT2D eigenvalue weighted by Gasteiger charge is -2.22. The molecule has 3 aromatic rings. The molecule has 0 saturated carbocycles. The Hall–Kier alpha value is -3.55. The molecule has 0 bridgehead atoms. The van der Waals surface area contributed by atoms with E-state index in [1.54, 1.807) is 31.3 Å². The van der Waals surface area contributed by atoms with Gasteiger partial charge in [-0.05, 0) is 17.2 Å². The number of nitrogens with zero attached hydrogens (tertiary/aromatic N) is 3. The van der Waals surface area contributed by atoms with E-state index in [1.165, 1.54) is 4.90 Å². The Balaban J connectivity index is 1.49. The molecule has 0 unspecified atom stereocenters. The average molecular weight is 393 g/mol. The van der Waals surface area contributed by atoms with Gasteiger partial charge in [-0.2, -0.15) is 0 Å². The minimum Gasteiger partial charge on any atom is -0.335 e. The molecule has 1 aliphatic rings. The first-order valence-electron chi connectivity index (χ1n) is 9.28. The van der Waals surface area contributed by atoms with Crippen molar-refractivity contribution < 1.29 is 14.0 Å². The van der Waals surface area contributed by atoms with E-state index in [0.29, 0.717) is 17.9 Å². The highest BCUT2D eigenvalue weighted by Crippen LogP contribution is 2.27. The van der Waals surface area contributed by atoms with Gasteiger partial charge in [-0.3, -0.25) is 14.7 Å². The summed E-state index contributed by atoms with van der Waals surface area (Å²) in [6.45, 7) is 0. The molecule has 7 nitrogen and oxygen atoms in total. The van der Waals surface area contributed by atoms with Gasteiger partial charge in [0.05, 0.1) is 0 Å². The first kappa shape index (κ1) is 18.8. The lowest BCUT2D eigenvalue weighted by atomic mass is 10.0. The maximum Gasteiger partial charge on any atom is 0.291 e. The van der Waals surface area contributed by atoms with Crippen LogP contribution in [-0.2, 0) is 17.6 Å². The van der Waals surface area contributed by atoms with Crippen molar-refractivity contribution >= 4 is 17.5 Å². The highest BCUT2D eigenvalue weighted by molar-refractivity contribution is 6.02. The summed E-state index contributed by atoms with van der Waals surface area (Å²) in [7, 11) is 1.57. The second-order valence-electron chi connectivity index (χ2n) is 6.97. The third kappa shape index (κ3) is 3.87. The number of carbonyl (C=O) groups excluding carboxylic acids is 2. The number of hydrogen-bond donors (Lipinski definition) is 2. The summed E-state index contributed by atoms with van der Waals surface area (Å²) in [6, 6.07) is 15.4. The van der Waals surface area contributed by atoms with E-state index in [4.69, 9.17) is 0 Å². The highest BCUT2D eigenvalue weighted by atomic mass is 19.1. The minimum absolute atomic E-state index is 0.0322. The van der Waals surface area contributed by atoms with E-state index in [2.05, 4.69) is 20.5 Å². The number of alkyl halides is 1. The molecule has 0 aliphatic carbocycles. The van der Waals surface area contributed by atoms with E-state index in [9.17, 15) is 14.0 Å². The molecule has 0 spiro atoms. The number of nitrogens with one attached hydrogen (secondary N) is 2. The van der Waals surface area contributed by atoms with Crippen molar-refractivity contribution in [2.45, 2.75) is 25.1 Å². The molecule has 2 aromatic carbocycles. The third-order valence-corrected chi connectivity index (χ3v) is 4.96. The van der Waals surface area contributed by atoms with Crippen LogP contribution in [0, 0.1) is 0 Å². The van der Waals surface area contributed by atoms with Crippen LogP contribution in [0.15, 0.2) is 54.6 Å². The Morgan fingerprint density at radius 2 is 1.93 bits per heavy atom. The first-order chi connectivity index (χ1) is 14.0. The maximum atomic E-state index is 14.9. The highest BCUT2D eigenvalue weighted by Gasteiger charge is 2.37. The van der Waals surface area contributed by atoms with Gasteiger partial charge < -0.3 is 10.2 Å². The molecule has 1 aliphatic heterocycles. The number of rotatable bonds is 4. The second kappa shape index (κ2) is 7.83. The molecule has 8 heteroatoms. The van der Waals surface area contributed by atoms with Crippen molar-refractivity contribution in [3.05, 3.63) is 77.4 Å². The summed E-state index contributed by atoms with van der Waals surface area (Å²) in [6.07, 6.45) is -1.04. The number of aromatic amines is 1. The molecule has 29 heavy (non-hydrogen) atoms. The minimum atomic E-state index is -1.56. The SMILES string of the molecule is CN1C(=O)[C@@H](NC(=O)c2n[nH]c(Cc3ccccc3)n2)[C@H](F)Cc2ccccc21. The van der Waals surface area contributed by atoms with Gasteiger partial charge in [0.25, 0.3) is 11.8 Å². The van der Waals surface area contributed by atoms with Crippen LogP contribution in [-0.4, -0.2) is 46.3 Å². The van der Waals surface area contributed by atoms with E-state index in [1.807, 2.05) is 30.3 Å². The molecular weight excluding hydrogens is 373 g/mol. The number of carbonyl (C=O) groups is 2. The average Bonchev–Trinajstić information content (AvgIpc) is 3.17. The summed E-state index contributed by atoms with van der Waals surface area (Å²) < 4.78 is 14.9. The Kier molecular flexibility index (Phi) is 5.07. The molecule has 0 radical (unpaired) electrons. The Morgan fingerprint density at radius 3 is 2.72 bits per heavy atom. The predicted octanol–water partition coefficient (Wildman–Crippen LogP) is 2.05. The number of halogens is 1. The molecule has 148 valence electrons. The van der Waals surface area contributed by atoms with Crippen LogP contribution in [0.4, 0.5) is 10.1 Å². The van der Waals surface area contributed by atoms with Gasteiger partial charge >= 0.3 is 0 Å². The smallest absolute Gasteiger partial charge is 0.291 e. The molecule has 1 aromatic heterocycles. The van der Waals surface area contributed by atoms with Crippen LogP contribution in [0.25, 0.3) is 0 Å². The predicted molar refractivity (Wildman–Crippen MR) is 105 cm³/mol. The number of amides is 2. The lowest BCUT2D eigenvalue weighted by Crippen LogP contribution is -2.52. The van der Waals surface area contributed by atoms with Crippen LogP contribution < -0.4 is 10.2 Å². The quantitative estimate of drug-likeness (QED) is 0.710. The summed E-state index contributed by atoms with van der Waals surface area (Å²) in [5.74, 6) is -0.827. The molecule has 2 N–H and O–H groups in total. The summed E-state index contributed by atoms with van der Waals surface area (Å²) >= 11 is 0. The van der Waals surface area contributed by atoms with Gasteiger partial charge in [-0.15, -0.1) is 5.10 Å². The topological polar surface area (TPSA) is 91.0 Å². The number of aromatic nitrogens is 3. The molecule has 2 amide bonds. The Labute approximate surface area is 167 Å². The zero-order valence-corrected chi connectivity index (χ0v) is 15.8. The van der Waals surface area contributed by atoms with Crippen molar-refractivity contribution in [2.24, 2.45) is 0 Å². The van der Waals surface area contributed by atoms with Crippen molar-refractivity contribution in [1.29, 1.82) is 0 Å². The normalized spacial score (nSPS) is 18.8. The van der Waals surface area contributed by atoms with E-state index in [0.717, 1.165) is 11.1 Å². The number of H-pyrrole nitrogens is 1. The standard InChI is InChI=1S/C21H20FN5O2/c1-27-16-10-6-5-9-14(16)12-15(22)18(21(27)29)24-20(28)19-23-17(25-26-19)11-13-7-3-2-4-8-13/h2-10,15,18H,11-12H2,1H3,(H,24,28)(H,23,25,26)/t15-,18+/m1/s1. The summed E-state index contributed by atoms with van der Waals surface area (Å²) in [5.41, 5.74) is 2.37. The summed E-state index contributed by atoms with van der Waals surface area (Å²) in [4.78, 5) is 30.9. The fraction of sp³-hybridized carbons (Fsp3) is 0.238. The van der Waals surface area contributed by atoms with Gasteiger partial charge in [-0.1, -0.05) is 48.5 Å². The number of fused-ring (bicyclic) bond motifs is 1. The van der Waals surface area contributed by atoms with E-state index in [-0.39, 0.29) is 12.2 Å². The number of likely N-dealkylation sites (N-methyl/N-ethyl adjacent to an activating group) is 1. The van der Waals surface area contributed by atoms with Crippen molar-refractivity contribution in [3.63, 3.8) is 0 Å². The Bertz CT molecular complexity index is 1040. The van der Waals surface area contributed by atoms with Gasteiger partial charge in [0.1, 0.15) is 18.0 Å².